The quantitative estimate of drug-likeness (QED) is 0.422. The Balaban J connectivity index is 1.51. The molecule has 1 aliphatic carbocycles. The molecule has 0 saturated heterocycles. The van der Waals surface area contributed by atoms with E-state index in [0.717, 1.165) is 40.5 Å². The Kier molecular flexibility index (Phi) is 6.81. The monoisotopic (exact) mass is 475 g/mol. The number of allylic oxidation sites excluding steroid dienone is 2. The molecule has 34 heavy (non-hydrogen) atoms. The van der Waals surface area contributed by atoms with Crippen molar-refractivity contribution in [2.45, 2.75) is 45.6 Å². The molecule has 1 aromatic heterocycles. The molecule has 7 heteroatoms. The van der Waals surface area contributed by atoms with Crippen LogP contribution in [0.4, 0.5) is 11.4 Å². The summed E-state index contributed by atoms with van der Waals surface area (Å²) in [5.74, 6) is 1.43. The van der Waals surface area contributed by atoms with Crippen molar-refractivity contribution in [1.29, 1.82) is 0 Å². The van der Waals surface area contributed by atoms with Crippen molar-refractivity contribution >= 4 is 28.6 Å². The minimum atomic E-state index is -0.127. The highest BCUT2D eigenvalue weighted by Crippen LogP contribution is 2.33. The second kappa shape index (κ2) is 10.3. The van der Waals surface area contributed by atoms with Gasteiger partial charge in [0.2, 0.25) is 0 Å². The first-order chi connectivity index (χ1) is 16.7. The molecule has 0 fully saturated rings. The number of thiazole rings is 1. The van der Waals surface area contributed by atoms with Crippen LogP contribution in [0.1, 0.15) is 39.0 Å². The van der Waals surface area contributed by atoms with Crippen molar-refractivity contribution in [3.8, 4) is 22.8 Å². The highest BCUT2D eigenvalue weighted by Gasteiger charge is 2.18. The van der Waals surface area contributed by atoms with Crippen LogP contribution in [0.3, 0.4) is 0 Å². The van der Waals surface area contributed by atoms with Crippen LogP contribution in [-0.4, -0.2) is 23.7 Å². The van der Waals surface area contributed by atoms with Crippen LogP contribution in [0.15, 0.2) is 64.5 Å². The van der Waals surface area contributed by atoms with Gasteiger partial charge < -0.3 is 19.4 Å². The van der Waals surface area contributed by atoms with Gasteiger partial charge in [-0.2, -0.15) is 0 Å². The van der Waals surface area contributed by atoms with E-state index in [-0.39, 0.29) is 12.5 Å². The fourth-order valence-electron chi connectivity index (χ4n) is 4.39. The molecule has 3 aromatic rings. The third-order valence-corrected chi connectivity index (χ3v) is 6.98. The van der Waals surface area contributed by atoms with Crippen molar-refractivity contribution in [3.63, 3.8) is 0 Å². The number of nitrogens with zero attached hydrogens (tertiary/aromatic N) is 2. The van der Waals surface area contributed by atoms with E-state index in [1.54, 1.807) is 11.3 Å². The Morgan fingerprint density at radius 1 is 1.18 bits per heavy atom. The summed E-state index contributed by atoms with van der Waals surface area (Å²) in [6.45, 7) is 3.55. The maximum Gasteiger partial charge on any atom is 0.262 e. The number of rotatable bonds is 7. The molecule has 0 radical (unpaired) electrons. The van der Waals surface area contributed by atoms with Gasteiger partial charge in [0, 0.05) is 17.5 Å². The lowest BCUT2D eigenvalue weighted by atomic mass is 9.97. The Labute approximate surface area is 203 Å². The molecule has 5 rings (SSSR count). The van der Waals surface area contributed by atoms with Gasteiger partial charge in [0.15, 0.2) is 11.4 Å². The SMILES string of the molecule is CCOc1ccc(N=c2scc(-c3ccc4c(c3)NC(=O)CO4)n2CCC2=CCCCC2)cc1. The van der Waals surface area contributed by atoms with Gasteiger partial charge in [-0.1, -0.05) is 11.6 Å². The van der Waals surface area contributed by atoms with Crippen LogP contribution in [0.2, 0.25) is 0 Å². The zero-order chi connectivity index (χ0) is 23.3. The Hall–Kier alpha value is -3.32. The molecule has 0 unspecified atom stereocenters. The lowest BCUT2D eigenvalue weighted by Gasteiger charge is -2.19. The first-order valence-corrected chi connectivity index (χ1v) is 12.8. The fraction of sp³-hybridized carbons (Fsp3) is 0.333. The minimum absolute atomic E-state index is 0.0605. The number of hydrogen-bond acceptors (Lipinski definition) is 5. The Bertz CT molecular complexity index is 1270. The number of nitrogens with one attached hydrogen (secondary N) is 1. The number of amides is 1. The predicted molar refractivity (Wildman–Crippen MR) is 136 cm³/mol. The van der Waals surface area contributed by atoms with Crippen LogP contribution < -0.4 is 19.6 Å². The number of aromatic nitrogens is 1. The summed E-state index contributed by atoms with van der Waals surface area (Å²) in [6, 6.07) is 13.9. The standard InChI is InChI=1S/C27H29N3O3S/c1-2-32-22-11-9-21(10-12-22)28-27-30(15-14-19-6-4-3-5-7-19)24(18-34-27)20-8-13-25-23(16-20)29-26(31)17-33-25/h6,8-13,16,18H,2-5,7,14-15,17H2,1H3,(H,29,31). The summed E-state index contributed by atoms with van der Waals surface area (Å²) in [5.41, 5.74) is 5.27. The minimum Gasteiger partial charge on any atom is -0.494 e. The van der Waals surface area contributed by atoms with Gasteiger partial charge >= 0.3 is 0 Å². The van der Waals surface area contributed by atoms with Crippen molar-refractivity contribution in [3.05, 3.63) is 64.3 Å². The number of benzene rings is 2. The normalized spacial score (nSPS) is 15.9. The summed E-state index contributed by atoms with van der Waals surface area (Å²) in [7, 11) is 0. The van der Waals surface area contributed by atoms with Crippen LogP contribution in [0.5, 0.6) is 11.5 Å². The summed E-state index contributed by atoms with van der Waals surface area (Å²) in [5, 5.41) is 5.07. The molecule has 0 saturated carbocycles. The lowest BCUT2D eigenvalue weighted by Crippen LogP contribution is -2.25. The summed E-state index contributed by atoms with van der Waals surface area (Å²) in [6.07, 6.45) is 8.37. The average molecular weight is 476 g/mol. The molecule has 2 heterocycles. The first-order valence-electron chi connectivity index (χ1n) is 11.9. The van der Waals surface area contributed by atoms with Gasteiger partial charge in [0.05, 0.1) is 23.7 Å². The molecule has 1 N–H and O–H groups in total. The largest absolute Gasteiger partial charge is 0.494 e. The van der Waals surface area contributed by atoms with E-state index < -0.39 is 0 Å². The number of hydrogen-bond donors (Lipinski definition) is 1. The Morgan fingerprint density at radius 2 is 2.06 bits per heavy atom. The molecule has 2 aromatic carbocycles. The van der Waals surface area contributed by atoms with E-state index >= 15 is 0 Å². The smallest absolute Gasteiger partial charge is 0.262 e. The molecule has 2 aliphatic rings. The van der Waals surface area contributed by atoms with Gasteiger partial charge in [-0.3, -0.25) is 4.79 Å². The molecule has 0 bridgehead atoms. The van der Waals surface area contributed by atoms with Crippen LogP contribution in [-0.2, 0) is 11.3 Å². The maximum atomic E-state index is 11.8. The molecule has 176 valence electrons. The van der Waals surface area contributed by atoms with Gasteiger partial charge in [0.25, 0.3) is 5.91 Å². The third kappa shape index (κ3) is 5.09. The van der Waals surface area contributed by atoms with Gasteiger partial charge in [-0.15, -0.1) is 11.3 Å². The summed E-state index contributed by atoms with van der Waals surface area (Å²) < 4.78 is 13.4. The fourth-order valence-corrected chi connectivity index (χ4v) is 5.34. The predicted octanol–water partition coefficient (Wildman–Crippen LogP) is 6.07. The van der Waals surface area contributed by atoms with Crippen LogP contribution >= 0.6 is 11.3 Å². The van der Waals surface area contributed by atoms with E-state index in [2.05, 4.69) is 27.4 Å². The van der Waals surface area contributed by atoms with E-state index in [1.807, 2.05) is 43.3 Å². The highest BCUT2D eigenvalue weighted by molar-refractivity contribution is 7.07. The lowest BCUT2D eigenvalue weighted by molar-refractivity contribution is -0.118. The molecule has 1 amide bonds. The third-order valence-electron chi connectivity index (χ3n) is 6.12. The van der Waals surface area contributed by atoms with Crippen LogP contribution in [0, 0.1) is 0 Å². The number of ether oxygens (including phenoxy) is 2. The van der Waals surface area contributed by atoms with Crippen molar-refractivity contribution in [1.82, 2.24) is 4.57 Å². The average Bonchev–Trinajstić information content (AvgIpc) is 3.26. The topological polar surface area (TPSA) is 64.8 Å². The molecule has 0 spiro atoms. The Morgan fingerprint density at radius 3 is 2.85 bits per heavy atom. The number of carbonyl (C=O) groups excluding carboxylic acids is 1. The van der Waals surface area contributed by atoms with Gasteiger partial charge in [0.1, 0.15) is 11.5 Å². The second-order valence-electron chi connectivity index (χ2n) is 8.50. The van der Waals surface area contributed by atoms with E-state index in [4.69, 9.17) is 14.5 Å². The summed E-state index contributed by atoms with van der Waals surface area (Å²) >= 11 is 1.63. The molecular formula is C27H29N3O3S. The molecule has 0 atom stereocenters. The zero-order valence-corrected chi connectivity index (χ0v) is 20.2. The number of anilines is 1. The second-order valence-corrected chi connectivity index (χ2v) is 9.34. The van der Waals surface area contributed by atoms with Crippen molar-refractivity contribution in [2.24, 2.45) is 4.99 Å². The molecule has 1 aliphatic heterocycles. The van der Waals surface area contributed by atoms with Crippen molar-refractivity contribution in [2.75, 3.05) is 18.5 Å². The molecule has 6 nitrogen and oxygen atoms in total. The first kappa shape index (κ1) is 22.5. The summed E-state index contributed by atoms with van der Waals surface area (Å²) in [4.78, 5) is 17.7. The van der Waals surface area contributed by atoms with Crippen molar-refractivity contribution < 1.29 is 14.3 Å². The number of carbonyl (C=O) groups is 1. The van der Waals surface area contributed by atoms with E-state index in [1.165, 1.54) is 31.3 Å². The van der Waals surface area contributed by atoms with E-state index in [9.17, 15) is 4.79 Å². The van der Waals surface area contributed by atoms with Crippen LogP contribution in [0.25, 0.3) is 11.3 Å². The van der Waals surface area contributed by atoms with Gasteiger partial charge in [-0.25, -0.2) is 4.99 Å². The van der Waals surface area contributed by atoms with Gasteiger partial charge in [-0.05, 0) is 81.5 Å². The molecular weight excluding hydrogens is 446 g/mol. The number of fused-ring (bicyclic) bond motifs is 1. The highest BCUT2D eigenvalue weighted by atomic mass is 32.1. The maximum absolute atomic E-state index is 11.8. The van der Waals surface area contributed by atoms with E-state index in [0.29, 0.717) is 18.0 Å². The zero-order valence-electron chi connectivity index (χ0n) is 19.4.